The summed E-state index contributed by atoms with van der Waals surface area (Å²) in [6.07, 6.45) is 3.57. The van der Waals surface area contributed by atoms with Gasteiger partial charge in [-0.3, -0.25) is 9.59 Å². The normalized spacial score (nSPS) is 24.0. The number of rotatable bonds is 6. The third-order valence-corrected chi connectivity index (χ3v) is 5.73. The zero-order valence-electron chi connectivity index (χ0n) is 16.7. The predicted molar refractivity (Wildman–Crippen MR) is 106 cm³/mol. The van der Waals surface area contributed by atoms with E-state index in [9.17, 15) is 9.59 Å². The van der Waals surface area contributed by atoms with Crippen molar-refractivity contribution in [1.29, 1.82) is 0 Å². The number of carbonyl (C=O) groups is 2. The SMILES string of the molecule is Cc1cccc(C)c1NC(=O)CNC(=O)[C@@H](C)N[C@H]1CCC[C@H](C)[C@@H]1C. The van der Waals surface area contributed by atoms with E-state index in [1.54, 1.807) is 0 Å². The first kappa shape index (κ1) is 20.4. The predicted octanol–water partition coefficient (Wildman–Crippen LogP) is 3.16. The number of benzene rings is 1. The van der Waals surface area contributed by atoms with Crippen molar-refractivity contribution in [2.75, 3.05) is 11.9 Å². The molecule has 2 amide bonds. The van der Waals surface area contributed by atoms with Crippen LogP contribution in [0.5, 0.6) is 0 Å². The molecular weight excluding hydrogens is 326 g/mol. The van der Waals surface area contributed by atoms with Gasteiger partial charge >= 0.3 is 0 Å². The molecule has 1 fully saturated rings. The Balaban J connectivity index is 1.81. The Morgan fingerprint density at radius 2 is 1.81 bits per heavy atom. The van der Waals surface area contributed by atoms with Crippen LogP contribution in [0.4, 0.5) is 5.69 Å². The first-order chi connectivity index (χ1) is 12.3. The Kier molecular flexibility index (Phi) is 7.21. The number of aryl methyl sites for hydroxylation is 2. The number of nitrogens with one attached hydrogen (secondary N) is 3. The fourth-order valence-corrected chi connectivity index (χ4v) is 3.73. The highest BCUT2D eigenvalue weighted by Crippen LogP contribution is 2.29. The molecule has 5 heteroatoms. The number of hydrogen-bond donors (Lipinski definition) is 3. The van der Waals surface area contributed by atoms with E-state index in [0.717, 1.165) is 23.2 Å². The minimum Gasteiger partial charge on any atom is -0.346 e. The molecule has 0 aromatic heterocycles. The van der Waals surface area contributed by atoms with Crippen LogP contribution < -0.4 is 16.0 Å². The molecule has 5 nitrogen and oxygen atoms in total. The average Bonchev–Trinajstić information content (AvgIpc) is 2.60. The number of amides is 2. The molecule has 2 rings (SSSR count). The number of carbonyl (C=O) groups excluding carboxylic acids is 2. The van der Waals surface area contributed by atoms with Crippen molar-refractivity contribution >= 4 is 17.5 Å². The minimum atomic E-state index is -0.305. The molecule has 1 aromatic rings. The zero-order chi connectivity index (χ0) is 19.3. The average molecular weight is 360 g/mol. The molecule has 0 saturated heterocycles. The van der Waals surface area contributed by atoms with Crippen molar-refractivity contribution in [1.82, 2.24) is 10.6 Å². The molecule has 1 saturated carbocycles. The summed E-state index contributed by atoms with van der Waals surface area (Å²) in [4.78, 5) is 24.5. The Morgan fingerprint density at radius 3 is 2.46 bits per heavy atom. The summed E-state index contributed by atoms with van der Waals surface area (Å²) >= 11 is 0. The first-order valence-corrected chi connectivity index (χ1v) is 9.69. The van der Waals surface area contributed by atoms with Crippen LogP contribution in [0.3, 0.4) is 0 Å². The second kappa shape index (κ2) is 9.17. The van der Waals surface area contributed by atoms with E-state index in [0.29, 0.717) is 17.9 Å². The van der Waals surface area contributed by atoms with Gasteiger partial charge in [-0.25, -0.2) is 0 Å². The Bertz CT molecular complexity index is 624. The molecule has 26 heavy (non-hydrogen) atoms. The van der Waals surface area contributed by atoms with E-state index in [1.165, 1.54) is 12.8 Å². The highest BCUT2D eigenvalue weighted by molar-refractivity contribution is 5.96. The Labute approximate surface area is 157 Å². The maximum absolute atomic E-state index is 12.3. The molecule has 0 heterocycles. The maximum atomic E-state index is 12.3. The summed E-state index contributed by atoms with van der Waals surface area (Å²) in [7, 11) is 0. The molecule has 0 bridgehead atoms. The largest absolute Gasteiger partial charge is 0.346 e. The lowest BCUT2D eigenvalue weighted by atomic mass is 9.78. The van der Waals surface area contributed by atoms with Crippen LogP contribution in [0.25, 0.3) is 0 Å². The van der Waals surface area contributed by atoms with Gasteiger partial charge in [-0.05, 0) is 50.2 Å². The molecule has 0 radical (unpaired) electrons. The summed E-state index contributed by atoms with van der Waals surface area (Å²) in [5, 5.41) is 9.08. The van der Waals surface area contributed by atoms with Crippen molar-refractivity contribution in [2.24, 2.45) is 11.8 Å². The van der Waals surface area contributed by atoms with Gasteiger partial charge in [-0.1, -0.05) is 44.9 Å². The van der Waals surface area contributed by atoms with Crippen molar-refractivity contribution in [2.45, 2.75) is 66.0 Å². The van der Waals surface area contributed by atoms with Gasteiger partial charge in [0.15, 0.2) is 0 Å². The molecule has 4 atom stereocenters. The van der Waals surface area contributed by atoms with E-state index in [4.69, 9.17) is 0 Å². The highest BCUT2D eigenvalue weighted by Gasteiger charge is 2.29. The van der Waals surface area contributed by atoms with Crippen molar-refractivity contribution in [3.63, 3.8) is 0 Å². The second-order valence-electron chi connectivity index (χ2n) is 7.79. The van der Waals surface area contributed by atoms with Gasteiger partial charge < -0.3 is 16.0 Å². The first-order valence-electron chi connectivity index (χ1n) is 9.69. The summed E-state index contributed by atoms with van der Waals surface area (Å²) in [6, 6.07) is 5.94. The van der Waals surface area contributed by atoms with Crippen LogP contribution in [0.15, 0.2) is 18.2 Å². The van der Waals surface area contributed by atoms with Crippen LogP contribution in [0.1, 0.15) is 51.2 Å². The zero-order valence-corrected chi connectivity index (χ0v) is 16.7. The second-order valence-corrected chi connectivity index (χ2v) is 7.79. The van der Waals surface area contributed by atoms with Crippen LogP contribution in [0.2, 0.25) is 0 Å². The van der Waals surface area contributed by atoms with Crippen LogP contribution in [-0.4, -0.2) is 30.4 Å². The maximum Gasteiger partial charge on any atom is 0.243 e. The van der Waals surface area contributed by atoms with Crippen LogP contribution in [0, 0.1) is 25.7 Å². The summed E-state index contributed by atoms with van der Waals surface area (Å²) < 4.78 is 0. The molecule has 0 spiro atoms. The third-order valence-electron chi connectivity index (χ3n) is 5.73. The lowest BCUT2D eigenvalue weighted by Crippen LogP contribution is -2.51. The third kappa shape index (κ3) is 5.31. The van der Waals surface area contributed by atoms with Gasteiger partial charge in [-0.2, -0.15) is 0 Å². The van der Waals surface area contributed by atoms with Crippen LogP contribution in [-0.2, 0) is 9.59 Å². The summed E-state index contributed by atoms with van der Waals surface area (Å²) in [5.74, 6) is 0.903. The smallest absolute Gasteiger partial charge is 0.243 e. The number of para-hydroxylation sites is 1. The fourth-order valence-electron chi connectivity index (χ4n) is 3.73. The Hall–Kier alpha value is -1.88. The lowest BCUT2D eigenvalue weighted by Gasteiger charge is -2.36. The lowest BCUT2D eigenvalue weighted by molar-refractivity contribution is -0.125. The van der Waals surface area contributed by atoms with Crippen LogP contribution >= 0.6 is 0 Å². The van der Waals surface area contributed by atoms with Gasteiger partial charge in [0.25, 0.3) is 0 Å². The van der Waals surface area contributed by atoms with Gasteiger partial charge in [0.05, 0.1) is 12.6 Å². The highest BCUT2D eigenvalue weighted by atomic mass is 16.2. The molecule has 0 aliphatic heterocycles. The minimum absolute atomic E-state index is 0.0186. The fraction of sp³-hybridized carbons (Fsp3) is 0.619. The molecule has 1 aliphatic carbocycles. The molecule has 1 aromatic carbocycles. The summed E-state index contributed by atoms with van der Waals surface area (Å²) in [5.41, 5.74) is 2.85. The molecule has 144 valence electrons. The van der Waals surface area contributed by atoms with E-state index >= 15 is 0 Å². The van der Waals surface area contributed by atoms with Crippen molar-refractivity contribution < 1.29 is 9.59 Å². The van der Waals surface area contributed by atoms with Crippen molar-refractivity contribution in [3.8, 4) is 0 Å². The van der Waals surface area contributed by atoms with E-state index in [2.05, 4.69) is 29.8 Å². The van der Waals surface area contributed by atoms with Gasteiger partial charge in [0.1, 0.15) is 0 Å². The van der Waals surface area contributed by atoms with E-state index < -0.39 is 0 Å². The quantitative estimate of drug-likeness (QED) is 0.731. The summed E-state index contributed by atoms with van der Waals surface area (Å²) in [6.45, 7) is 10.3. The Morgan fingerprint density at radius 1 is 1.15 bits per heavy atom. The number of hydrogen-bond acceptors (Lipinski definition) is 3. The topological polar surface area (TPSA) is 70.2 Å². The number of anilines is 1. The standard InChI is InChI=1S/C21H33N3O2/c1-13-8-7-11-18(16(13)4)23-17(5)21(26)22-12-19(25)24-20-14(2)9-6-10-15(20)3/h6,9-10,13,16-18,23H,7-8,11-12H2,1-5H3,(H,22,26)(H,24,25)/t13-,16-,17+,18-/m0/s1. The van der Waals surface area contributed by atoms with Gasteiger partial charge in [0.2, 0.25) is 11.8 Å². The van der Waals surface area contributed by atoms with Crippen molar-refractivity contribution in [3.05, 3.63) is 29.3 Å². The van der Waals surface area contributed by atoms with E-state index in [1.807, 2.05) is 39.0 Å². The molecule has 1 aliphatic rings. The molecule has 0 unspecified atom stereocenters. The van der Waals surface area contributed by atoms with Gasteiger partial charge in [0, 0.05) is 11.7 Å². The monoisotopic (exact) mass is 359 g/mol. The molecular formula is C21H33N3O2. The van der Waals surface area contributed by atoms with E-state index in [-0.39, 0.29) is 24.4 Å². The van der Waals surface area contributed by atoms with Gasteiger partial charge in [-0.15, -0.1) is 0 Å². The molecule has 3 N–H and O–H groups in total.